The van der Waals surface area contributed by atoms with E-state index in [1.165, 1.54) is 19.4 Å². The number of nitrogens with zero attached hydrogens (tertiary/aromatic N) is 3. The highest BCUT2D eigenvalue weighted by molar-refractivity contribution is 5.97. The molecule has 1 aromatic carbocycles. The normalized spacial score (nSPS) is 13.8. The Morgan fingerprint density at radius 1 is 1.26 bits per heavy atom. The lowest BCUT2D eigenvalue weighted by Crippen LogP contribution is -2.32. The highest BCUT2D eigenvalue weighted by Crippen LogP contribution is 2.34. The SMILES string of the molecule is COc1cc(CN(C(=O)c2cnc3onc(C(C)C)c3c2)C2CC2)ccc1OC(F)F. The van der Waals surface area contributed by atoms with Gasteiger partial charge in [-0.1, -0.05) is 25.1 Å². The number of methoxy groups -OCH3 is 1. The summed E-state index contributed by atoms with van der Waals surface area (Å²) in [5.74, 6) is 0.123. The molecule has 7 nitrogen and oxygen atoms in total. The summed E-state index contributed by atoms with van der Waals surface area (Å²) in [6.07, 6.45) is 3.32. The van der Waals surface area contributed by atoms with Gasteiger partial charge >= 0.3 is 6.61 Å². The maximum atomic E-state index is 13.3. The summed E-state index contributed by atoms with van der Waals surface area (Å²) >= 11 is 0. The van der Waals surface area contributed by atoms with E-state index >= 15 is 0 Å². The fourth-order valence-electron chi connectivity index (χ4n) is 3.50. The highest BCUT2D eigenvalue weighted by Gasteiger charge is 2.33. The van der Waals surface area contributed by atoms with Gasteiger partial charge in [-0.3, -0.25) is 4.79 Å². The number of aromatic nitrogens is 2. The number of pyridine rings is 1. The van der Waals surface area contributed by atoms with E-state index in [0.29, 0.717) is 17.8 Å². The Bertz CT molecular complexity index is 1100. The molecule has 0 atom stereocenters. The van der Waals surface area contributed by atoms with E-state index in [1.807, 2.05) is 13.8 Å². The monoisotopic (exact) mass is 431 g/mol. The average Bonchev–Trinajstić information content (AvgIpc) is 3.49. The van der Waals surface area contributed by atoms with Crippen LogP contribution in [-0.4, -0.2) is 40.7 Å². The zero-order chi connectivity index (χ0) is 22.1. The minimum Gasteiger partial charge on any atom is -0.493 e. The molecular formula is C22H23F2N3O4. The molecule has 1 saturated carbocycles. The molecular weight excluding hydrogens is 408 g/mol. The predicted octanol–water partition coefficient (Wildman–Crippen LogP) is 4.76. The average molecular weight is 431 g/mol. The standard InChI is InChI=1S/C22H23F2N3O4/c1-12(2)19-16-9-14(10-25-20(16)31-26-19)21(28)27(15-5-6-15)11-13-4-7-17(30-22(23)24)18(8-13)29-3/h4,7-10,12,15,22H,5-6,11H2,1-3H3. The molecule has 2 aromatic heterocycles. The van der Waals surface area contributed by atoms with Crippen LogP contribution in [0.1, 0.15) is 54.2 Å². The Balaban J connectivity index is 1.60. The molecule has 3 aromatic rings. The van der Waals surface area contributed by atoms with Crippen LogP contribution in [0.25, 0.3) is 11.1 Å². The van der Waals surface area contributed by atoms with Crippen molar-refractivity contribution >= 4 is 17.0 Å². The molecule has 164 valence electrons. The van der Waals surface area contributed by atoms with Crippen molar-refractivity contribution < 1.29 is 27.6 Å². The van der Waals surface area contributed by atoms with Gasteiger partial charge in [0, 0.05) is 18.8 Å². The number of ether oxygens (including phenoxy) is 2. The first-order chi connectivity index (χ1) is 14.9. The van der Waals surface area contributed by atoms with Gasteiger partial charge in [-0.15, -0.1) is 0 Å². The number of fused-ring (bicyclic) bond motifs is 1. The third-order valence-corrected chi connectivity index (χ3v) is 5.20. The number of hydrogen-bond acceptors (Lipinski definition) is 6. The van der Waals surface area contributed by atoms with Crippen molar-refractivity contribution in [2.24, 2.45) is 0 Å². The Morgan fingerprint density at radius 2 is 2.03 bits per heavy atom. The van der Waals surface area contributed by atoms with E-state index in [1.54, 1.807) is 23.1 Å². The van der Waals surface area contributed by atoms with Gasteiger partial charge in [-0.05, 0) is 42.5 Å². The Morgan fingerprint density at radius 3 is 2.68 bits per heavy atom. The molecule has 1 fully saturated rings. The molecule has 0 N–H and O–H groups in total. The first-order valence-electron chi connectivity index (χ1n) is 10.1. The number of rotatable bonds is 8. The minimum absolute atomic E-state index is 0.0473. The van der Waals surface area contributed by atoms with Gasteiger partial charge in [0.25, 0.3) is 11.6 Å². The number of alkyl halides is 2. The van der Waals surface area contributed by atoms with Crippen molar-refractivity contribution in [3.05, 3.63) is 47.3 Å². The Kier molecular flexibility index (Phi) is 5.75. The minimum atomic E-state index is -2.94. The van der Waals surface area contributed by atoms with Gasteiger partial charge in [0.05, 0.1) is 23.8 Å². The second-order valence-electron chi connectivity index (χ2n) is 7.83. The summed E-state index contributed by atoms with van der Waals surface area (Å²) in [7, 11) is 1.38. The molecule has 1 aliphatic rings. The van der Waals surface area contributed by atoms with Crippen LogP contribution in [0.4, 0.5) is 8.78 Å². The van der Waals surface area contributed by atoms with Crippen molar-refractivity contribution in [2.75, 3.05) is 7.11 Å². The zero-order valence-electron chi connectivity index (χ0n) is 17.5. The number of halogens is 2. The van der Waals surface area contributed by atoms with Crippen molar-refractivity contribution in [1.29, 1.82) is 0 Å². The lowest BCUT2D eigenvalue weighted by atomic mass is 10.1. The van der Waals surface area contributed by atoms with E-state index in [9.17, 15) is 13.6 Å². The third-order valence-electron chi connectivity index (χ3n) is 5.20. The maximum absolute atomic E-state index is 13.3. The predicted molar refractivity (Wildman–Crippen MR) is 108 cm³/mol. The first kappa shape index (κ1) is 21.0. The molecule has 1 aliphatic carbocycles. The molecule has 0 unspecified atom stereocenters. The van der Waals surface area contributed by atoms with Crippen molar-refractivity contribution in [2.45, 2.75) is 51.8 Å². The Labute approximate surface area is 177 Å². The van der Waals surface area contributed by atoms with Crippen LogP contribution in [0.2, 0.25) is 0 Å². The van der Waals surface area contributed by atoms with Crippen molar-refractivity contribution in [1.82, 2.24) is 15.0 Å². The van der Waals surface area contributed by atoms with Crippen LogP contribution in [0.15, 0.2) is 35.0 Å². The number of benzene rings is 1. The summed E-state index contributed by atoms with van der Waals surface area (Å²) in [6.45, 7) is 1.36. The Hall–Kier alpha value is -3.23. The molecule has 2 heterocycles. The van der Waals surface area contributed by atoms with E-state index < -0.39 is 6.61 Å². The molecule has 0 bridgehead atoms. The van der Waals surface area contributed by atoms with Crippen LogP contribution in [0.5, 0.6) is 11.5 Å². The molecule has 9 heteroatoms. The van der Waals surface area contributed by atoms with E-state index in [-0.39, 0.29) is 29.4 Å². The van der Waals surface area contributed by atoms with Gasteiger partial charge in [-0.25, -0.2) is 4.98 Å². The number of carbonyl (C=O) groups is 1. The van der Waals surface area contributed by atoms with Crippen molar-refractivity contribution in [3.63, 3.8) is 0 Å². The zero-order valence-corrected chi connectivity index (χ0v) is 17.5. The number of hydrogen-bond donors (Lipinski definition) is 0. The fraction of sp³-hybridized carbons (Fsp3) is 0.409. The molecule has 1 amide bonds. The smallest absolute Gasteiger partial charge is 0.387 e. The summed E-state index contributed by atoms with van der Waals surface area (Å²) < 4.78 is 40.1. The highest BCUT2D eigenvalue weighted by atomic mass is 19.3. The quantitative estimate of drug-likeness (QED) is 0.512. The topological polar surface area (TPSA) is 77.7 Å². The first-order valence-corrected chi connectivity index (χ1v) is 10.1. The van der Waals surface area contributed by atoms with Gasteiger partial charge in [0.15, 0.2) is 11.5 Å². The van der Waals surface area contributed by atoms with Crippen LogP contribution in [0, 0.1) is 0 Å². The summed E-state index contributed by atoms with van der Waals surface area (Å²) in [5, 5.41) is 4.79. The van der Waals surface area contributed by atoms with Crippen LogP contribution in [-0.2, 0) is 6.54 Å². The van der Waals surface area contributed by atoms with Crippen LogP contribution >= 0.6 is 0 Å². The second-order valence-corrected chi connectivity index (χ2v) is 7.83. The van der Waals surface area contributed by atoms with Gasteiger partial charge in [0.2, 0.25) is 0 Å². The van der Waals surface area contributed by atoms with Gasteiger partial charge in [-0.2, -0.15) is 8.78 Å². The fourth-order valence-corrected chi connectivity index (χ4v) is 3.50. The molecule has 31 heavy (non-hydrogen) atoms. The van der Waals surface area contributed by atoms with E-state index in [2.05, 4.69) is 14.9 Å². The van der Waals surface area contributed by atoms with Crippen LogP contribution in [0.3, 0.4) is 0 Å². The summed E-state index contributed by atoms with van der Waals surface area (Å²) in [6, 6.07) is 6.58. The molecule has 0 saturated heterocycles. The van der Waals surface area contributed by atoms with Crippen LogP contribution < -0.4 is 9.47 Å². The lowest BCUT2D eigenvalue weighted by molar-refractivity contribution is -0.0512. The molecule has 4 rings (SSSR count). The van der Waals surface area contributed by atoms with Gasteiger partial charge < -0.3 is 18.9 Å². The largest absolute Gasteiger partial charge is 0.493 e. The van der Waals surface area contributed by atoms with E-state index in [0.717, 1.165) is 29.5 Å². The maximum Gasteiger partial charge on any atom is 0.387 e. The third kappa shape index (κ3) is 4.45. The summed E-state index contributed by atoms with van der Waals surface area (Å²) in [4.78, 5) is 19.4. The number of carbonyl (C=O) groups excluding carboxylic acids is 1. The molecule has 0 aliphatic heterocycles. The molecule has 0 spiro atoms. The lowest BCUT2D eigenvalue weighted by Gasteiger charge is -2.23. The van der Waals surface area contributed by atoms with Crippen molar-refractivity contribution in [3.8, 4) is 11.5 Å². The second kappa shape index (κ2) is 8.49. The molecule has 0 radical (unpaired) electrons. The van der Waals surface area contributed by atoms with Gasteiger partial charge in [0.1, 0.15) is 0 Å². The van der Waals surface area contributed by atoms with E-state index in [4.69, 9.17) is 9.26 Å². The summed E-state index contributed by atoms with van der Waals surface area (Å²) in [5.41, 5.74) is 2.36. The number of amides is 1.